The van der Waals surface area contributed by atoms with Crippen LogP contribution in [0.25, 0.3) is 0 Å². The highest BCUT2D eigenvalue weighted by molar-refractivity contribution is 6.33. The number of nitriles is 1. The Morgan fingerprint density at radius 1 is 1.56 bits per heavy atom. The van der Waals surface area contributed by atoms with Crippen molar-refractivity contribution in [3.8, 4) is 11.8 Å². The topological polar surface area (TPSA) is 59.3 Å². The quantitative estimate of drug-likeness (QED) is 0.793. The normalized spacial score (nSPS) is 10.0. The van der Waals surface area contributed by atoms with Gasteiger partial charge in [-0.2, -0.15) is 14.0 Å². The molecule has 1 rings (SSSR count). The lowest BCUT2D eigenvalue weighted by molar-refractivity contribution is -0.0500. The van der Waals surface area contributed by atoms with E-state index >= 15 is 0 Å². The predicted octanol–water partition coefficient (Wildman–Crippen LogP) is 2.99. The van der Waals surface area contributed by atoms with Crippen molar-refractivity contribution < 1.29 is 23.0 Å². The Morgan fingerprint density at radius 2 is 2.22 bits per heavy atom. The molecular formula is C11H8ClF2NO3. The summed E-state index contributed by atoms with van der Waals surface area (Å²) in [5.41, 5.74) is -0.292. The fourth-order valence-corrected chi connectivity index (χ4v) is 1.43. The van der Waals surface area contributed by atoms with E-state index in [4.69, 9.17) is 21.6 Å². The van der Waals surface area contributed by atoms with Crippen molar-refractivity contribution in [2.24, 2.45) is 0 Å². The number of hydrogen-bond acceptors (Lipinski definition) is 4. The van der Waals surface area contributed by atoms with Crippen LogP contribution >= 0.6 is 11.6 Å². The summed E-state index contributed by atoms with van der Waals surface area (Å²) < 4.78 is 33.0. The van der Waals surface area contributed by atoms with E-state index < -0.39 is 12.6 Å². The maximum atomic E-state index is 12.1. The lowest BCUT2D eigenvalue weighted by atomic mass is 10.1. The number of benzene rings is 1. The Hall–Kier alpha value is -1.87. The van der Waals surface area contributed by atoms with Gasteiger partial charge in [-0.15, -0.1) is 0 Å². The number of ether oxygens (including phenoxy) is 2. The van der Waals surface area contributed by atoms with Gasteiger partial charge in [-0.05, 0) is 13.0 Å². The van der Waals surface area contributed by atoms with Crippen LogP contribution in [-0.4, -0.2) is 19.2 Å². The van der Waals surface area contributed by atoms with Crippen LogP contribution in [0.15, 0.2) is 12.1 Å². The summed E-state index contributed by atoms with van der Waals surface area (Å²) in [7, 11) is 0. The van der Waals surface area contributed by atoms with Crippen LogP contribution in [0.2, 0.25) is 5.02 Å². The monoisotopic (exact) mass is 275 g/mol. The third kappa shape index (κ3) is 3.31. The van der Waals surface area contributed by atoms with Gasteiger partial charge in [-0.3, -0.25) is 0 Å². The van der Waals surface area contributed by atoms with Crippen molar-refractivity contribution >= 4 is 17.6 Å². The first-order valence-electron chi connectivity index (χ1n) is 4.85. The molecule has 0 aliphatic carbocycles. The van der Waals surface area contributed by atoms with E-state index in [2.05, 4.69) is 4.74 Å². The largest absolute Gasteiger partial charge is 0.462 e. The molecule has 0 bridgehead atoms. The van der Waals surface area contributed by atoms with Crippen LogP contribution in [-0.2, 0) is 4.74 Å². The van der Waals surface area contributed by atoms with Crippen molar-refractivity contribution in [2.75, 3.05) is 6.61 Å². The predicted molar refractivity (Wildman–Crippen MR) is 58.8 cm³/mol. The molecule has 96 valence electrons. The van der Waals surface area contributed by atoms with Gasteiger partial charge < -0.3 is 9.47 Å². The van der Waals surface area contributed by atoms with Crippen LogP contribution in [0.4, 0.5) is 8.78 Å². The van der Waals surface area contributed by atoms with Crippen LogP contribution in [0.1, 0.15) is 22.8 Å². The van der Waals surface area contributed by atoms with E-state index in [9.17, 15) is 13.6 Å². The third-order valence-electron chi connectivity index (χ3n) is 1.90. The average Bonchev–Trinajstić information content (AvgIpc) is 2.28. The first-order valence-corrected chi connectivity index (χ1v) is 5.23. The number of carbonyl (C=O) groups excluding carboxylic acids is 1. The van der Waals surface area contributed by atoms with Gasteiger partial charge in [0.25, 0.3) is 0 Å². The minimum Gasteiger partial charge on any atom is -0.462 e. The van der Waals surface area contributed by atoms with E-state index in [1.54, 1.807) is 13.0 Å². The van der Waals surface area contributed by atoms with Gasteiger partial charge in [0.05, 0.1) is 22.8 Å². The van der Waals surface area contributed by atoms with Crippen molar-refractivity contribution in [2.45, 2.75) is 13.5 Å². The fourth-order valence-electron chi connectivity index (χ4n) is 1.20. The summed E-state index contributed by atoms with van der Waals surface area (Å²) in [4.78, 5) is 11.5. The standard InChI is InChI=1S/C11H8ClF2NO3/c1-2-17-10(16)7-3-6(5-15)9(4-8(7)12)18-11(13)14/h3-4,11H,2H2,1H3. The molecule has 7 heteroatoms. The average molecular weight is 276 g/mol. The number of halogens is 3. The van der Waals surface area contributed by atoms with Crippen molar-refractivity contribution in [3.63, 3.8) is 0 Å². The summed E-state index contributed by atoms with van der Waals surface area (Å²) in [6, 6.07) is 3.68. The summed E-state index contributed by atoms with van der Waals surface area (Å²) in [5.74, 6) is -1.12. The van der Waals surface area contributed by atoms with E-state index in [-0.39, 0.29) is 28.5 Å². The number of alkyl halides is 2. The van der Waals surface area contributed by atoms with Crippen molar-refractivity contribution in [1.29, 1.82) is 5.26 Å². The van der Waals surface area contributed by atoms with Gasteiger partial charge in [0.1, 0.15) is 11.8 Å². The summed E-state index contributed by atoms with van der Waals surface area (Å²) in [6.07, 6.45) is 0. The molecule has 0 N–H and O–H groups in total. The molecule has 1 aromatic carbocycles. The van der Waals surface area contributed by atoms with Crippen molar-refractivity contribution in [1.82, 2.24) is 0 Å². The van der Waals surface area contributed by atoms with Crippen LogP contribution in [0.5, 0.6) is 5.75 Å². The molecule has 0 atom stereocenters. The SMILES string of the molecule is CCOC(=O)c1cc(C#N)c(OC(F)F)cc1Cl. The summed E-state index contributed by atoms with van der Waals surface area (Å²) in [6.45, 7) is -1.35. The van der Waals surface area contributed by atoms with Gasteiger partial charge in [-0.1, -0.05) is 11.6 Å². The Kier molecular flexibility index (Phi) is 4.86. The number of rotatable bonds is 4. The third-order valence-corrected chi connectivity index (χ3v) is 2.21. The maximum absolute atomic E-state index is 12.1. The molecule has 0 saturated carbocycles. The zero-order valence-corrected chi connectivity index (χ0v) is 10.0. The Morgan fingerprint density at radius 3 is 2.72 bits per heavy atom. The minimum atomic E-state index is -3.08. The van der Waals surface area contributed by atoms with E-state index in [1.165, 1.54) is 0 Å². The lowest BCUT2D eigenvalue weighted by Crippen LogP contribution is -2.08. The molecule has 0 unspecified atom stereocenters. The zero-order valence-electron chi connectivity index (χ0n) is 9.25. The van der Waals surface area contributed by atoms with Gasteiger partial charge >= 0.3 is 12.6 Å². The lowest BCUT2D eigenvalue weighted by Gasteiger charge is -2.09. The highest BCUT2D eigenvalue weighted by Crippen LogP contribution is 2.28. The number of nitrogens with zero attached hydrogens (tertiary/aromatic N) is 1. The smallest absolute Gasteiger partial charge is 0.387 e. The second-order valence-electron chi connectivity index (χ2n) is 3.04. The molecule has 0 spiro atoms. The minimum absolute atomic E-state index is 0.0725. The van der Waals surface area contributed by atoms with Crippen LogP contribution < -0.4 is 4.74 Å². The van der Waals surface area contributed by atoms with E-state index in [0.717, 1.165) is 12.1 Å². The summed E-state index contributed by atoms with van der Waals surface area (Å²) in [5, 5.41) is 8.67. The molecular weight excluding hydrogens is 268 g/mol. The van der Waals surface area contributed by atoms with E-state index in [0.29, 0.717) is 0 Å². The zero-order chi connectivity index (χ0) is 13.7. The first kappa shape index (κ1) is 14.2. The number of carbonyl (C=O) groups is 1. The Balaban J connectivity index is 3.19. The fraction of sp³-hybridized carbons (Fsp3) is 0.273. The molecule has 0 heterocycles. The molecule has 0 amide bonds. The molecule has 1 aromatic rings. The van der Waals surface area contributed by atoms with Crippen LogP contribution in [0.3, 0.4) is 0 Å². The molecule has 0 aliphatic rings. The number of hydrogen-bond donors (Lipinski definition) is 0. The van der Waals surface area contributed by atoms with Crippen LogP contribution in [0, 0.1) is 11.3 Å². The Labute approximate surface area is 107 Å². The maximum Gasteiger partial charge on any atom is 0.387 e. The summed E-state index contributed by atoms with van der Waals surface area (Å²) >= 11 is 5.74. The van der Waals surface area contributed by atoms with Gasteiger partial charge in [0, 0.05) is 6.07 Å². The second kappa shape index (κ2) is 6.17. The van der Waals surface area contributed by atoms with Gasteiger partial charge in [0.2, 0.25) is 0 Å². The molecule has 0 fully saturated rings. The van der Waals surface area contributed by atoms with Gasteiger partial charge in [0.15, 0.2) is 0 Å². The highest BCUT2D eigenvalue weighted by Gasteiger charge is 2.18. The number of esters is 1. The Bertz CT molecular complexity index is 500. The molecule has 0 aromatic heterocycles. The molecule has 4 nitrogen and oxygen atoms in total. The first-order chi connectivity index (χ1) is 8.49. The molecule has 0 radical (unpaired) electrons. The molecule has 18 heavy (non-hydrogen) atoms. The second-order valence-corrected chi connectivity index (χ2v) is 3.45. The van der Waals surface area contributed by atoms with E-state index in [1.807, 2.05) is 0 Å². The molecule has 0 aliphatic heterocycles. The molecule has 0 saturated heterocycles. The van der Waals surface area contributed by atoms with Crippen molar-refractivity contribution in [3.05, 3.63) is 28.3 Å². The van der Waals surface area contributed by atoms with Gasteiger partial charge in [-0.25, -0.2) is 4.79 Å². The highest BCUT2D eigenvalue weighted by atomic mass is 35.5.